The average molecular weight is 506 g/mol. The highest BCUT2D eigenvalue weighted by molar-refractivity contribution is 6.11. The Labute approximate surface area is 202 Å². The number of imide groups is 1. The van der Waals surface area contributed by atoms with Crippen molar-refractivity contribution in [3.8, 4) is 5.88 Å². The third-order valence-electron chi connectivity index (χ3n) is 5.63. The van der Waals surface area contributed by atoms with Gasteiger partial charge in [-0.05, 0) is 38.1 Å². The largest absolute Gasteiger partial charge is 0.475 e. The number of alkyl halides is 3. The molecule has 1 aliphatic rings. The van der Waals surface area contributed by atoms with Crippen molar-refractivity contribution in [3.05, 3.63) is 59.3 Å². The minimum absolute atomic E-state index is 0.0240. The van der Waals surface area contributed by atoms with E-state index in [1.807, 2.05) is 6.92 Å². The number of pyridine rings is 1. The van der Waals surface area contributed by atoms with Crippen molar-refractivity contribution >= 4 is 28.7 Å². The number of nitrogens with zero attached hydrogens (tertiary/aromatic N) is 5. The van der Waals surface area contributed by atoms with Gasteiger partial charge in [0.2, 0.25) is 5.88 Å². The number of ether oxygens (including phenoxy) is 1. The van der Waals surface area contributed by atoms with Crippen LogP contribution in [0.15, 0.2) is 36.7 Å². The van der Waals surface area contributed by atoms with E-state index in [1.54, 1.807) is 18.9 Å². The number of rotatable bonds is 2. The topological polar surface area (TPSA) is 92.6 Å². The number of hydrogen-bond donors (Lipinski definition) is 1. The van der Waals surface area contributed by atoms with E-state index >= 15 is 0 Å². The molecule has 0 saturated carbocycles. The van der Waals surface area contributed by atoms with Gasteiger partial charge in [-0.3, -0.25) is 19.7 Å². The zero-order chi connectivity index (χ0) is 26.2. The number of aryl methyl sites for hydroxylation is 2. The van der Waals surface area contributed by atoms with Crippen LogP contribution >= 0.6 is 0 Å². The van der Waals surface area contributed by atoms with E-state index in [4.69, 9.17) is 4.74 Å². The number of fused-ring (bicyclic) bond motifs is 2. The zero-order valence-electron chi connectivity index (χ0n) is 19.6. The molecule has 3 amide bonds. The second kappa shape index (κ2) is 9.47. The second-order valence-electron chi connectivity index (χ2n) is 7.99. The third-order valence-corrected chi connectivity index (χ3v) is 5.63. The van der Waals surface area contributed by atoms with Crippen molar-refractivity contribution in [2.45, 2.75) is 20.0 Å². The third kappa shape index (κ3) is 4.81. The Bertz CT molecular complexity index is 1370. The minimum Gasteiger partial charge on any atom is -0.475 e. The van der Waals surface area contributed by atoms with Crippen molar-refractivity contribution < 1.29 is 31.9 Å². The first-order valence-corrected chi connectivity index (χ1v) is 10.9. The maximum Gasteiger partial charge on any atom is 0.419 e. The van der Waals surface area contributed by atoms with Crippen LogP contribution in [-0.4, -0.2) is 51.3 Å². The molecule has 36 heavy (non-hydrogen) atoms. The lowest BCUT2D eigenvalue weighted by atomic mass is 10.1. The number of halogens is 4. The van der Waals surface area contributed by atoms with Gasteiger partial charge < -0.3 is 9.64 Å². The SMILES string of the molecule is CCN1/C=C/N(c2ccc(F)c(C(F)(F)F)c2)C(=O)NC(=O)c2cc3c(C)nn(C)c3nc2OCC1. The second-order valence-corrected chi connectivity index (χ2v) is 7.99. The summed E-state index contributed by atoms with van der Waals surface area (Å²) >= 11 is 0. The summed E-state index contributed by atoms with van der Waals surface area (Å²) in [6.07, 6.45) is -2.31. The quantitative estimate of drug-likeness (QED) is 0.529. The Morgan fingerprint density at radius 2 is 1.92 bits per heavy atom. The molecule has 190 valence electrons. The maximum atomic E-state index is 13.9. The van der Waals surface area contributed by atoms with Gasteiger partial charge in [0.1, 0.15) is 18.0 Å². The highest BCUT2D eigenvalue weighted by atomic mass is 19.4. The first-order chi connectivity index (χ1) is 17.0. The molecule has 0 saturated heterocycles. The molecule has 0 atom stereocenters. The van der Waals surface area contributed by atoms with Crippen LogP contribution in [0.4, 0.5) is 28.0 Å². The normalized spacial score (nSPS) is 16.2. The van der Waals surface area contributed by atoms with Gasteiger partial charge in [0.15, 0.2) is 5.65 Å². The lowest BCUT2D eigenvalue weighted by Gasteiger charge is -2.24. The molecule has 2 aromatic heterocycles. The van der Waals surface area contributed by atoms with Crippen LogP contribution in [-0.2, 0) is 13.2 Å². The lowest BCUT2D eigenvalue weighted by molar-refractivity contribution is -0.139. The molecule has 1 aromatic carbocycles. The van der Waals surface area contributed by atoms with Crippen molar-refractivity contribution in [1.82, 2.24) is 25.0 Å². The number of carbonyl (C=O) groups is 2. The van der Waals surface area contributed by atoms with Gasteiger partial charge in [0.25, 0.3) is 5.91 Å². The van der Waals surface area contributed by atoms with Gasteiger partial charge in [-0.2, -0.15) is 23.3 Å². The Morgan fingerprint density at radius 1 is 1.17 bits per heavy atom. The Hall–Kier alpha value is -4.16. The fourth-order valence-corrected chi connectivity index (χ4v) is 3.73. The van der Waals surface area contributed by atoms with Crippen LogP contribution < -0.4 is 15.0 Å². The molecule has 0 spiro atoms. The number of benzene rings is 1. The van der Waals surface area contributed by atoms with Crippen LogP contribution in [0, 0.1) is 12.7 Å². The summed E-state index contributed by atoms with van der Waals surface area (Å²) in [6, 6.07) is 2.58. The van der Waals surface area contributed by atoms with E-state index in [0.717, 1.165) is 11.0 Å². The summed E-state index contributed by atoms with van der Waals surface area (Å²) in [6.45, 7) is 4.48. The highest BCUT2D eigenvalue weighted by Crippen LogP contribution is 2.34. The first kappa shape index (κ1) is 24.9. The number of anilines is 1. The van der Waals surface area contributed by atoms with Crippen LogP contribution in [0.3, 0.4) is 0 Å². The summed E-state index contributed by atoms with van der Waals surface area (Å²) in [7, 11) is 1.69. The van der Waals surface area contributed by atoms with Gasteiger partial charge in [0, 0.05) is 31.4 Å². The van der Waals surface area contributed by atoms with Crippen molar-refractivity contribution in [1.29, 1.82) is 0 Å². The van der Waals surface area contributed by atoms with E-state index < -0.39 is 29.5 Å². The molecule has 0 aliphatic carbocycles. The number of urea groups is 1. The summed E-state index contributed by atoms with van der Waals surface area (Å²) in [4.78, 5) is 33.1. The van der Waals surface area contributed by atoms with Crippen LogP contribution in [0.5, 0.6) is 5.88 Å². The molecule has 3 heterocycles. The number of nitrogens with one attached hydrogen (secondary N) is 1. The molecule has 1 N–H and O–H groups in total. The Kier molecular flexibility index (Phi) is 6.57. The van der Waals surface area contributed by atoms with Crippen LogP contribution in [0.2, 0.25) is 0 Å². The van der Waals surface area contributed by atoms with Gasteiger partial charge >= 0.3 is 12.2 Å². The fraction of sp³-hybridized carbons (Fsp3) is 0.304. The summed E-state index contributed by atoms with van der Waals surface area (Å²) in [5.41, 5.74) is -0.803. The Morgan fingerprint density at radius 3 is 2.61 bits per heavy atom. The number of amides is 3. The molecule has 4 rings (SSSR count). The Balaban J connectivity index is 1.79. The molecule has 0 radical (unpaired) electrons. The van der Waals surface area contributed by atoms with E-state index in [0.29, 0.717) is 41.9 Å². The van der Waals surface area contributed by atoms with Crippen LogP contribution in [0.25, 0.3) is 11.0 Å². The molecule has 0 bridgehead atoms. The molecule has 0 fully saturated rings. The van der Waals surface area contributed by atoms with E-state index in [2.05, 4.69) is 15.4 Å². The monoisotopic (exact) mass is 506 g/mol. The molecule has 13 heteroatoms. The number of hydrogen-bond acceptors (Lipinski definition) is 6. The van der Waals surface area contributed by atoms with Crippen LogP contribution in [0.1, 0.15) is 28.5 Å². The summed E-state index contributed by atoms with van der Waals surface area (Å²) in [5, 5.41) is 7.00. The molecule has 3 aromatic rings. The van der Waals surface area contributed by atoms with Crippen molar-refractivity contribution in [3.63, 3.8) is 0 Å². The maximum absolute atomic E-state index is 13.9. The molecule has 0 unspecified atom stereocenters. The van der Waals surface area contributed by atoms with Gasteiger partial charge in [0.05, 0.1) is 23.5 Å². The number of likely N-dealkylation sites (N-methyl/N-ethyl adjacent to an activating group) is 1. The predicted octanol–water partition coefficient (Wildman–Crippen LogP) is 3.98. The van der Waals surface area contributed by atoms with Crippen molar-refractivity contribution in [2.75, 3.05) is 24.6 Å². The number of aromatic nitrogens is 3. The number of carbonyl (C=O) groups excluding carboxylic acids is 2. The minimum atomic E-state index is -4.98. The molecular weight excluding hydrogens is 484 g/mol. The first-order valence-electron chi connectivity index (χ1n) is 10.9. The molecule has 9 nitrogen and oxygen atoms in total. The molecular formula is C23H22F4N6O3. The highest BCUT2D eigenvalue weighted by Gasteiger charge is 2.35. The smallest absolute Gasteiger partial charge is 0.419 e. The van der Waals surface area contributed by atoms with E-state index in [1.165, 1.54) is 23.1 Å². The average Bonchev–Trinajstić information content (AvgIpc) is 3.09. The lowest BCUT2D eigenvalue weighted by Crippen LogP contribution is -2.41. The van der Waals surface area contributed by atoms with Gasteiger partial charge in [-0.25, -0.2) is 9.18 Å². The predicted molar refractivity (Wildman–Crippen MR) is 122 cm³/mol. The van der Waals surface area contributed by atoms with Gasteiger partial charge in [-0.1, -0.05) is 0 Å². The molecule has 1 aliphatic heterocycles. The standard InChI is InChI=1S/C23H22F4N6O3/c1-4-32-7-8-33(14-5-6-18(24)17(11-14)23(25,26)27)22(35)29-20(34)16-12-15-13(2)30-31(3)19(15)28-21(16)36-10-9-32/h5-8,11-12H,4,9-10H2,1-3H3,(H,29,34,35)/b8-7+. The zero-order valence-corrected chi connectivity index (χ0v) is 19.6. The summed E-state index contributed by atoms with van der Waals surface area (Å²) in [5.74, 6) is -2.38. The van der Waals surface area contributed by atoms with Crippen molar-refractivity contribution in [2.24, 2.45) is 7.05 Å². The van der Waals surface area contributed by atoms with Gasteiger partial charge in [-0.15, -0.1) is 0 Å². The fourth-order valence-electron chi connectivity index (χ4n) is 3.73. The van der Waals surface area contributed by atoms with E-state index in [9.17, 15) is 27.2 Å². The van der Waals surface area contributed by atoms with E-state index in [-0.39, 0.29) is 23.7 Å². The summed E-state index contributed by atoms with van der Waals surface area (Å²) < 4.78 is 61.0.